The Labute approximate surface area is 120 Å². The zero-order chi connectivity index (χ0) is 14.9. The maximum Gasteiger partial charge on any atom is 0.305 e. The molecule has 2 N–H and O–H groups in total. The van der Waals surface area contributed by atoms with Gasteiger partial charge < -0.3 is 10.4 Å². The van der Waals surface area contributed by atoms with Crippen molar-refractivity contribution in [1.29, 1.82) is 0 Å². The minimum absolute atomic E-state index is 0.0265. The third kappa shape index (κ3) is 3.39. The largest absolute Gasteiger partial charge is 0.481 e. The molecule has 1 fully saturated rings. The number of anilines is 1. The van der Waals surface area contributed by atoms with E-state index in [2.05, 4.69) is 5.32 Å². The number of benzene rings is 1. The van der Waals surface area contributed by atoms with Gasteiger partial charge in [-0.25, -0.2) is 0 Å². The molecule has 0 amide bonds. The first-order valence-electron chi connectivity index (χ1n) is 6.31. The molecule has 6 nitrogen and oxygen atoms in total. The molecule has 0 heterocycles. The molecule has 1 aliphatic rings. The van der Waals surface area contributed by atoms with Gasteiger partial charge in [0.2, 0.25) is 0 Å². The molecule has 1 atom stereocenters. The number of aliphatic carboxylic acids is 1. The van der Waals surface area contributed by atoms with E-state index in [9.17, 15) is 14.9 Å². The first-order chi connectivity index (χ1) is 9.38. The van der Waals surface area contributed by atoms with E-state index in [1.807, 2.05) is 0 Å². The van der Waals surface area contributed by atoms with Gasteiger partial charge >= 0.3 is 5.97 Å². The van der Waals surface area contributed by atoms with E-state index in [1.54, 1.807) is 6.92 Å². The van der Waals surface area contributed by atoms with Crippen LogP contribution in [0.25, 0.3) is 0 Å². The lowest BCUT2D eigenvalue weighted by Gasteiger charge is -2.19. The fourth-order valence-electron chi connectivity index (χ4n) is 2.18. The van der Waals surface area contributed by atoms with E-state index >= 15 is 0 Å². The van der Waals surface area contributed by atoms with Crippen LogP contribution in [0.3, 0.4) is 0 Å². The second-order valence-electron chi connectivity index (χ2n) is 5.06. The predicted molar refractivity (Wildman–Crippen MR) is 75.2 cm³/mol. The Bertz CT molecular complexity index is 558. The second-order valence-corrected chi connectivity index (χ2v) is 5.47. The van der Waals surface area contributed by atoms with Crippen molar-refractivity contribution in [3.05, 3.63) is 32.8 Å². The lowest BCUT2D eigenvalue weighted by Crippen LogP contribution is -2.25. The highest BCUT2D eigenvalue weighted by Crippen LogP contribution is 2.37. The first kappa shape index (κ1) is 14.6. The number of carbonyl (C=O) groups is 1. The summed E-state index contributed by atoms with van der Waals surface area (Å²) in [4.78, 5) is 21.1. The standard InChI is InChI=1S/C13H15ClN2O4/c1-7-4-12(16(19)20)9(14)5-10(7)15-11(6-13(17)18)8-2-3-8/h4-5,8,11,15H,2-3,6H2,1H3,(H,17,18). The molecule has 1 aromatic carbocycles. The van der Waals surface area contributed by atoms with Crippen molar-refractivity contribution >= 4 is 28.9 Å². The van der Waals surface area contributed by atoms with Crippen molar-refractivity contribution in [2.24, 2.45) is 5.92 Å². The van der Waals surface area contributed by atoms with Crippen molar-refractivity contribution in [3.8, 4) is 0 Å². The molecule has 0 bridgehead atoms. The third-order valence-electron chi connectivity index (χ3n) is 3.42. The zero-order valence-corrected chi connectivity index (χ0v) is 11.7. The fourth-order valence-corrected chi connectivity index (χ4v) is 2.42. The Kier molecular flexibility index (Phi) is 4.13. The van der Waals surface area contributed by atoms with Crippen LogP contribution in [0.5, 0.6) is 0 Å². The topological polar surface area (TPSA) is 92.5 Å². The van der Waals surface area contributed by atoms with Gasteiger partial charge in [0, 0.05) is 17.8 Å². The van der Waals surface area contributed by atoms with Gasteiger partial charge in [0.25, 0.3) is 5.69 Å². The van der Waals surface area contributed by atoms with Gasteiger partial charge in [-0.2, -0.15) is 0 Å². The van der Waals surface area contributed by atoms with E-state index in [4.69, 9.17) is 16.7 Å². The van der Waals surface area contributed by atoms with Gasteiger partial charge in [-0.15, -0.1) is 0 Å². The van der Waals surface area contributed by atoms with E-state index in [0.717, 1.165) is 12.8 Å². The van der Waals surface area contributed by atoms with Crippen LogP contribution in [0, 0.1) is 23.0 Å². The number of nitrogens with one attached hydrogen (secondary N) is 1. The highest BCUT2D eigenvalue weighted by Gasteiger charge is 2.33. The summed E-state index contributed by atoms with van der Waals surface area (Å²) in [6, 6.07) is 2.73. The van der Waals surface area contributed by atoms with E-state index < -0.39 is 10.9 Å². The van der Waals surface area contributed by atoms with Gasteiger partial charge in [0.15, 0.2) is 0 Å². The van der Waals surface area contributed by atoms with Crippen LogP contribution in [0.1, 0.15) is 24.8 Å². The summed E-state index contributed by atoms with van der Waals surface area (Å²) in [5.41, 5.74) is 1.19. The predicted octanol–water partition coefficient (Wildman–Crippen LogP) is 3.22. The summed E-state index contributed by atoms with van der Waals surface area (Å²) in [5, 5.41) is 22.9. The molecule has 0 aromatic heterocycles. The molecule has 7 heteroatoms. The first-order valence-corrected chi connectivity index (χ1v) is 6.69. The normalized spacial score (nSPS) is 15.7. The maximum absolute atomic E-state index is 10.9. The Morgan fingerprint density at radius 2 is 2.25 bits per heavy atom. The Balaban J connectivity index is 2.21. The fraction of sp³-hybridized carbons (Fsp3) is 0.462. The second kappa shape index (κ2) is 5.66. The number of carboxylic acids is 1. The van der Waals surface area contributed by atoms with Gasteiger partial charge in [-0.1, -0.05) is 11.6 Å². The highest BCUT2D eigenvalue weighted by atomic mass is 35.5. The summed E-state index contributed by atoms with van der Waals surface area (Å²) >= 11 is 5.88. The molecular weight excluding hydrogens is 284 g/mol. The third-order valence-corrected chi connectivity index (χ3v) is 3.72. The number of hydrogen-bond acceptors (Lipinski definition) is 4. The summed E-state index contributed by atoms with van der Waals surface area (Å²) in [6.07, 6.45) is 2.04. The van der Waals surface area contributed by atoms with Crippen LogP contribution in [-0.4, -0.2) is 22.0 Å². The lowest BCUT2D eigenvalue weighted by atomic mass is 10.1. The summed E-state index contributed by atoms with van der Waals surface area (Å²) < 4.78 is 0. The van der Waals surface area contributed by atoms with Crippen LogP contribution in [-0.2, 0) is 4.79 Å². The number of halogens is 1. The molecule has 1 aliphatic carbocycles. The SMILES string of the molecule is Cc1cc([N+](=O)[O-])c(Cl)cc1NC(CC(=O)O)C1CC1. The molecule has 20 heavy (non-hydrogen) atoms. The molecule has 0 saturated heterocycles. The molecular formula is C13H15ClN2O4. The summed E-state index contributed by atoms with van der Waals surface area (Å²) in [7, 11) is 0. The zero-order valence-electron chi connectivity index (χ0n) is 10.9. The van der Waals surface area contributed by atoms with Gasteiger partial charge in [0.1, 0.15) is 5.02 Å². The average Bonchev–Trinajstić information content (AvgIpc) is 3.15. The Morgan fingerprint density at radius 3 is 2.75 bits per heavy atom. The van der Waals surface area contributed by atoms with E-state index in [-0.39, 0.29) is 23.2 Å². The molecule has 0 aliphatic heterocycles. The van der Waals surface area contributed by atoms with Crippen LogP contribution in [0.2, 0.25) is 5.02 Å². The van der Waals surface area contributed by atoms with Crippen molar-refractivity contribution in [1.82, 2.24) is 0 Å². The van der Waals surface area contributed by atoms with Gasteiger partial charge in [-0.05, 0) is 37.3 Å². The highest BCUT2D eigenvalue weighted by molar-refractivity contribution is 6.33. The van der Waals surface area contributed by atoms with Crippen LogP contribution < -0.4 is 5.32 Å². The molecule has 2 rings (SSSR count). The molecule has 1 unspecified atom stereocenters. The van der Waals surface area contributed by atoms with Crippen LogP contribution in [0.4, 0.5) is 11.4 Å². The molecule has 0 spiro atoms. The van der Waals surface area contributed by atoms with Crippen molar-refractivity contribution in [3.63, 3.8) is 0 Å². The monoisotopic (exact) mass is 298 g/mol. The van der Waals surface area contributed by atoms with Crippen LogP contribution in [0.15, 0.2) is 12.1 Å². The average molecular weight is 299 g/mol. The smallest absolute Gasteiger partial charge is 0.305 e. The maximum atomic E-state index is 10.9. The minimum atomic E-state index is -0.861. The summed E-state index contributed by atoms with van der Waals surface area (Å²) in [6.45, 7) is 1.73. The van der Waals surface area contributed by atoms with E-state index in [1.165, 1.54) is 12.1 Å². The van der Waals surface area contributed by atoms with Gasteiger partial charge in [-0.3, -0.25) is 14.9 Å². The van der Waals surface area contributed by atoms with Crippen LogP contribution >= 0.6 is 11.6 Å². The van der Waals surface area contributed by atoms with Crippen molar-refractivity contribution < 1.29 is 14.8 Å². The number of carboxylic acid groups (broad SMARTS) is 1. The number of nitro groups is 1. The number of rotatable bonds is 6. The minimum Gasteiger partial charge on any atom is -0.481 e. The quantitative estimate of drug-likeness (QED) is 0.621. The Hall–Kier alpha value is -1.82. The molecule has 108 valence electrons. The summed E-state index contributed by atoms with van der Waals surface area (Å²) in [5.74, 6) is -0.514. The van der Waals surface area contributed by atoms with Gasteiger partial charge in [0.05, 0.1) is 11.3 Å². The van der Waals surface area contributed by atoms with Crippen molar-refractivity contribution in [2.75, 3.05) is 5.32 Å². The molecule has 0 radical (unpaired) electrons. The number of hydrogen-bond donors (Lipinski definition) is 2. The van der Waals surface area contributed by atoms with E-state index in [0.29, 0.717) is 17.2 Å². The Morgan fingerprint density at radius 1 is 1.60 bits per heavy atom. The lowest BCUT2D eigenvalue weighted by molar-refractivity contribution is -0.384. The van der Waals surface area contributed by atoms with Crippen molar-refractivity contribution in [2.45, 2.75) is 32.2 Å². The number of aryl methyl sites for hydroxylation is 1. The number of nitrogens with zero attached hydrogens (tertiary/aromatic N) is 1. The number of nitro benzene ring substituents is 1. The molecule has 1 saturated carbocycles. The molecule has 1 aromatic rings.